The minimum Gasteiger partial charge on any atom is -0.368 e. The van der Waals surface area contributed by atoms with Crippen LogP contribution in [-0.4, -0.2) is 50.2 Å². The molecule has 0 amide bonds. The molecule has 0 rings (SSSR count). The van der Waals surface area contributed by atoms with Crippen LogP contribution in [0.25, 0.3) is 0 Å². The highest BCUT2D eigenvalue weighted by Gasteiger charge is 2.06. The van der Waals surface area contributed by atoms with Gasteiger partial charge < -0.3 is 14.3 Å². The summed E-state index contributed by atoms with van der Waals surface area (Å²) < 4.78 is 5.83. The van der Waals surface area contributed by atoms with Gasteiger partial charge in [0.2, 0.25) is 0 Å². The highest BCUT2D eigenvalue weighted by atomic mass is 16.6. The lowest BCUT2D eigenvalue weighted by Crippen LogP contribution is -2.38. The predicted molar refractivity (Wildman–Crippen MR) is 40.5 cm³/mol. The van der Waals surface area contributed by atoms with Crippen molar-refractivity contribution in [1.29, 1.82) is 0 Å². The van der Waals surface area contributed by atoms with Gasteiger partial charge in [0.05, 0.1) is 27.7 Å². The Morgan fingerprint density at radius 2 is 1.90 bits per heavy atom. The minimum atomic E-state index is -0.633. The van der Waals surface area contributed by atoms with Crippen molar-refractivity contribution in [2.75, 3.05) is 34.3 Å². The Hall–Kier alpha value is -0.120. The maximum absolute atomic E-state index is 8.72. The van der Waals surface area contributed by atoms with Crippen molar-refractivity contribution in [3.63, 3.8) is 0 Å². The molecule has 0 aromatic carbocycles. The van der Waals surface area contributed by atoms with Gasteiger partial charge in [0.15, 0.2) is 6.29 Å². The summed E-state index contributed by atoms with van der Waals surface area (Å²) in [5, 5.41) is 8.72. The molecular formula is C7H18NO2+. The molecule has 0 bridgehead atoms. The third kappa shape index (κ3) is 7.88. The highest BCUT2D eigenvalue weighted by molar-refractivity contribution is 4.29. The largest absolute Gasteiger partial charge is 0.368 e. The summed E-state index contributed by atoms with van der Waals surface area (Å²) in [6.07, 6.45) is -0.633. The lowest BCUT2D eigenvalue weighted by Gasteiger charge is -2.23. The normalized spacial score (nSPS) is 15.3. The van der Waals surface area contributed by atoms with Crippen molar-refractivity contribution in [2.45, 2.75) is 13.2 Å². The second-order valence-corrected chi connectivity index (χ2v) is 3.48. The molecule has 0 heterocycles. The topological polar surface area (TPSA) is 29.5 Å². The van der Waals surface area contributed by atoms with Crippen molar-refractivity contribution in [3.05, 3.63) is 0 Å². The lowest BCUT2D eigenvalue weighted by molar-refractivity contribution is -0.871. The summed E-state index contributed by atoms with van der Waals surface area (Å²) in [4.78, 5) is 0. The Morgan fingerprint density at radius 3 is 2.20 bits per heavy atom. The summed E-state index contributed by atoms with van der Waals surface area (Å²) in [5.41, 5.74) is 0. The van der Waals surface area contributed by atoms with E-state index >= 15 is 0 Å². The van der Waals surface area contributed by atoms with Crippen LogP contribution < -0.4 is 0 Å². The maximum Gasteiger partial charge on any atom is 0.152 e. The molecule has 0 spiro atoms. The first kappa shape index (κ1) is 9.88. The van der Waals surface area contributed by atoms with Gasteiger partial charge in [-0.1, -0.05) is 0 Å². The molecule has 1 atom stereocenters. The van der Waals surface area contributed by atoms with Crippen molar-refractivity contribution in [2.24, 2.45) is 0 Å². The number of hydrogen-bond acceptors (Lipinski definition) is 2. The maximum atomic E-state index is 8.72. The SMILES string of the molecule is C[C@H](O)OCC[N+](C)(C)C. The molecule has 0 saturated heterocycles. The van der Waals surface area contributed by atoms with E-state index in [1.165, 1.54) is 0 Å². The summed E-state index contributed by atoms with van der Waals surface area (Å²) in [6.45, 7) is 3.15. The van der Waals surface area contributed by atoms with E-state index in [0.717, 1.165) is 11.0 Å². The summed E-state index contributed by atoms with van der Waals surface area (Å²) >= 11 is 0. The third-order valence-electron chi connectivity index (χ3n) is 1.12. The summed E-state index contributed by atoms with van der Waals surface area (Å²) in [6, 6.07) is 0. The number of quaternary nitrogens is 1. The zero-order chi connectivity index (χ0) is 8.20. The van der Waals surface area contributed by atoms with E-state index in [1.807, 2.05) is 0 Å². The third-order valence-corrected chi connectivity index (χ3v) is 1.12. The second-order valence-electron chi connectivity index (χ2n) is 3.48. The Bertz CT molecular complexity index is 86.1. The molecular weight excluding hydrogens is 130 g/mol. The van der Waals surface area contributed by atoms with E-state index < -0.39 is 6.29 Å². The smallest absolute Gasteiger partial charge is 0.152 e. The zero-order valence-corrected chi connectivity index (χ0v) is 7.29. The van der Waals surface area contributed by atoms with Crippen LogP contribution in [0.3, 0.4) is 0 Å². The molecule has 0 aromatic heterocycles. The average Bonchev–Trinajstić information content (AvgIpc) is 1.59. The summed E-state index contributed by atoms with van der Waals surface area (Å²) in [7, 11) is 6.27. The molecule has 0 aliphatic carbocycles. The second kappa shape index (κ2) is 3.91. The molecule has 0 aromatic rings. The monoisotopic (exact) mass is 148 g/mol. The standard InChI is InChI=1S/C7H18NO2/c1-7(9)10-6-5-8(2,3)4/h7,9H,5-6H2,1-4H3/q+1/t7-/m1/s1. The van der Waals surface area contributed by atoms with Gasteiger partial charge in [0, 0.05) is 0 Å². The van der Waals surface area contributed by atoms with Gasteiger partial charge in [-0.3, -0.25) is 0 Å². The fraction of sp³-hybridized carbons (Fsp3) is 1.00. The highest BCUT2D eigenvalue weighted by Crippen LogP contribution is 1.91. The molecule has 0 aliphatic rings. The first-order chi connectivity index (χ1) is 4.42. The molecule has 0 unspecified atom stereocenters. The molecule has 0 saturated carbocycles. The van der Waals surface area contributed by atoms with E-state index in [1.54, 1.807) is 6.92 Å². The Labute approximate surface area is 62.8 Å². The first-order valence-electron chi connectivity index (χ1n) is 3.52. The van der Waals surface area contributed by atoms with Crippen molar-refractivity contribution < 1.29 is 14.3 Å². The van der Waals surface area contributed by atoms with Crippen LogP contribution in [0, 0.1) is 0 Å². The molecule has 62 valence electrons. The van der Waals surface area contributed by atoms with Crippen LogP contribution in [0.15, 0.2) is 0 Å². The zero-order valence-electron chi connectivity index (χ0n) is 7.29. The van der Waals surface area contributed by atoms with Crippen molar-refractivity contribution in [3.8, 4) is 0 Å². The van der Waals surface area contributed by atoms with E-state index in [9.17, 15) is 0 Å². The lowest BCUT2D eigenvalue weighted by atomic mass is 10.5. The fourth-order valence-corrected chi connectivity index (χ4v) is 0.497. The van der Waals surface area contributed by atoms with Crippen LogP contribution in [-0.2, 0) is 4.74 Å². The summed E-state index contributed by atoms with van der Waals surface area (Å²) in [5.74, 6) is 0. The van der Waals surface area contributed by atoms with Crippen LogP contribution >= 0.6 is 0 Å². The van der Waals surface area contributed by atoms with Crippen molar-refractivity contribution >= 4 is 0 Å². The minimum absolute atomic E-state index is 0.612. The van der Waals surface area contributed by atoms with Gasteiger partial charge in [-0.25, -0.2) is 0 Å². The van der Waals surface area contributed by atoms with Gasteiger partial charge in [0.25, 0.3) is 0 Å². The van der Waals surface area contributed by atoms with E-state index in [4.69, 9.17) is 9.84 Å². The van der Waals surface area contributed by atoms with Crippen LogP contribution in [0.5, 0.6) is 0 Å². The number of likely N-dealkylation sites (N-methyl/N-ethyl adjacent to an activating group) is 1. The molecule has 0 aliphatic heterocycles. The van der Waals surface area contributed by atoms with E-state index in [2.05, 4.69) is 21.1 Å². The quantitative estimate of drug-likeness (QED) is 0.451. The van der Waals surface area contributed by atoms with Crippen LogP contribution in [0.1, 0.15) is 6.92 Å². The number of ether oxygens (including phenoxy) is 1. The van der Waals surface area contributed by atoms with Gasteiger partial charge in [-0.05, 0) is 6.92 Å². The van der Waals surface area contributed by atoms with Gasteiger partial charge in [-0.15, -0.1) is 0 Å². The van der Waals surface area contributed by atoms with Gasteiger partial charge in [0.1, 0.15) is 6.54 Å². The predicted octanol–water partition coefficient (Wildman–Crippen LogP) is 0.0475. The molecule has 3 nitrogen and oxygen atoms in total. The number of aliphatic hydroxyl groups is 1. The average molecular weight is 148 g/mol. The molecule has 0 fully saturated rings. The number of nitrogens with zero attached hydrogens (tertiary/aromatic N) is 1. The Balaban J connectivity index is 3.21. The van der Waals surface area contributed by atoms with E-state index in [-0.39, 0.29) is 0 Å². The van der Waals surface area contributed by atoms with Crippen molar-refractivity contribution in [1.82, 2.24) is 0 Å². The Morgan fingerprint density at radius 1 is 1.40 bits per heavy atom. The van der Waals surface area contributed by atoms with E-state index in [0.29, 0.717) is 6.61 Å². The van der Waals surface area contributed by atoms with Crippen LogP contribution in [0.2, 0.25) is 0 Å². The first-order valence-corrected chi connectivity index (χ1v) is 3.52. The van der Waals surface area contributed by atoms with Gasteiger partial charge >= 0.3 is 0 Å². The molecule has 3 heteroatoms. The number of rotatable bonds is 4. The van der Waals surface area contributed by atoms with Gasteiger partial charge in [-0.2, -0.15) is 0 Å². The van der Waals surface area contributed by atoms with Crippen LogP contribution in [0.4, 0.5) is 0 Å². The molecule has 10 heavy (non-hydrogen) atoms. The molecule has 0 radical (unpaired) electrons. The fourth-order valence-electron chi connectivity index (χ4n) is 0.497. The Kier molecular flexibility index (Phi) is 3.86. The number of hydrogen-bond donors (Lipinski definition) is 1. The number of aliphatic hydroxyl groups excluding tert-OH is 1. The molecule has 1 N–H and O–H groups in total.